The summed E-state index contributed by atoms with van der Waals surface area (Å²) in [5, 5.41) is 3.40. The fourth-order valence-corrected chi connectivity index (χ4v) is 4.82. The van der Waals surface area contributed by atoms with Crippen LogP contribution in [0, 0.1) is 5.92 Å². The number of rotatable bonds is 4. The Morgan fingerprint density at radius 3 is 2.33 bits per heavy atom. The van der Waals surface area contributed by atoms with Crippen LogP contribution in [0.1, 0.15) is 58.0 Å². The molecule has 0 saturated heterocycles. The van der Waals surface area contributed by atoms with E-state index in [1.54, 1.807) is 24.3 Å². The van der Waals surface area contributed by atoms with Crippen LogP contribution in [0.5, 0.6) is 0 Å². The number of carbonyl (C=O) groups is 3. The Bertz CT molecular complexity index is 876. The van der Waals surface area contributed by atoms with Gasteiger partial charge in [-0.3, -0.25) is 19.3 Å². The van der Waals surface area contributed by atoms with Gasteiger partial charge in [-0.1, -0.05) is 26.0 Å². The molecule has 2 heterocycles. The van der Waals surface area contributed by atoms with Crippen molar-refractivity contribution in [1.82, 2.24) is 9.88 Å². The summed E-state index contributed by atoms with van der Waals surface area (Å²) in [5.74, 6) is -1.42. The molecule has 1 aromatic heterocycles. The van der Waals surface area contributed by atoms with Gasteiger partial charge in [-0.15, -0.1) is 11.3 Å². The molecular weight excluding hydrogens is 362 g/mol. The van der Waals surface area contributed by atoms with Crippen LogP contribution in [0.15, 0.2) is 24.3 Å². The van der Waals surface area contributed by atoms with Gasteiger partial charge in [0.1, 0.15) is 6.04 Å². The van der Waals surface area contributed by atoms with Gasteiger partial charge in [-0.25, -0.2) is 4.98 Å². The van der Waals surface area contributed by atoms with E-state index in [0.717, 1.165) is 36.3 Å². The second-order valence-electron chi connectivity index (χ2n) is 7.30. The number of aromatic nitrogens is 1. The predicted octanol–water partition coefficient (Wildman–Crippen LogP) is 3.28. The largest absolute Gasteiger partial charge is 0.300 e. The van der Waals surface area contributed by atoms with Gasteiger partial charge in [-0.05, 0) is 43.7 Å². The number of thiazole rings is 1. The molecule has 0 fully saturated rings. The number of anilines is 1. The topological polar surface area (TPSA) is 79.4 Å². The summed E-state index contributed by atoms with van der Waals surface area (Å²) in [4.78, 5) is 45.4. The Morgan fingerprint density at radius 1 is 1.11 bits per heavy atom. The molecule has 27 heavy (non-hydrogen) atoms. The normalized spacial score (nSPS) is 17.1. The van der Waals surface area contributed by atoms with Crippen LogP contribution >= 0.6 is 11.3 Å². The second-order valence-corrected chi connectivity index (χ2v) is 8.38. The van der Waals surface area contributed by atoms with Crippen LogP contribution in [0.3, 0.4) is 0 Å². The molecule has 2 aromatic rings. The van der Waals surface area contributed by atoms with Crippen LogP contribution < -0.4 is 5.32 Å². The van der Waals surface area contributed by atoms with Crippen LogP contribution in [0.2, 0.25) is 0 Å². The van der Waals surface area contributed by atoms with Crippen molar-refractivity contribution in [3.05, 3.63) is 46.0 Å². The lowest BCUT2D eigenvalue weighted by Gasteiger charge is -2.27. The van der Waals surface area contributed by atoms with Gasteiger partial charge in [0, 0.05) is 4.88 Å². The molecule has 0 bridgehead atoms. The number of nitrogens with zero attached hydrogens (tertiary/aromatic N) is 2. The average Bonchev–Trinajstić information content (AvgIpc) is 3.16. The van der Waals surface area contributed by atoms with E-state index in [2.05, 4.69) is 10.3 Å². The van der Waals surface area contributed by atoms with E-state index in [9.17, 15) is 14.4 Å². The van der Waals surface area contributed by atoms with Crippen molar-refractivity contribution in [2.45, 2.75) is 45.6 Å². The first-order valence-electron chi connectivity index (χ1n) is 9.23. The lowest BCUT2D eigenvalue weighted by molar-refractivity contribution is -0.121. The first kappa shape index (κ1) is 17.9. The number of amides is 3. The molecule has 1 atom stereocenters. The highest BCUT2D eigenvalue weighted by Gasteiger charge is 2.44. The molecule has 3 amide bonds. The molecule has 1 aliphatic heterocycles. The third kappa shape index (κ3) is 3.06. The van der Waals surface area contributed by atoms with Crippen molar-refractivity contribution in [3.8, 4) is 0 Å². The van der Waals surface area contributed by atoms with Gasteiger partial charge in [-0.2, -0.15) is 0 Å². The first-order chi connectivity index (χ1) is 13.0. The minimum Gasteiger partial charge on any atom is -0.300 e. The number of benzene rings is 1. The van der Waals surface area contributed by atoms with E-state index in [4.69, 9.17) is 0 Å². The number of aryl methyl sites for hydroxylation is 2. The highest BCUT2D eigenvalue weighted by atomic mass is 32.1. The van der Waals surface area contributed by atoms with Gasteiger partial charge < -0.3 is 5.32 Å². The Labute approximate surface area is 161 Å². The fourth-order valence-electron chi connectivity index (χ4n) is 3.76. The van der Waals surface area contributed by atoms with Gasteiger partial charge in [0.2, 0.25) is 5.91 Å². The number of imide groups is 1. The quantitative estimate of drug-likeness (QED) is 0.822. The molecular formula is C20H21N3O3S. The monoisotopic (exact) mass is 383 g/mol. The Hall–Kier alpha value is -2.54. The molecule has 0 saturated carbocycles. The minimum atomic E-state index is -0.877. The minimum absolute atomic E-state index is 0.221. The van der Waals surface area contributed by atoms with Crippen molar-refractivity contribution in [2.75, 3.05) is 5.32 Å². The van der Waals surface area contributed by atoms with Gasteiger partial charge in [0.15, 0.2) is 5.13 Å². The SMILES string of the molecule is CC(C)C(C(=O)Nc1nc2c(s1)CCCC2)N1C(=O)c2ccccc2C1=O. The Kier molecular flexibility index (Phi) is 4.55. The van der Waals surface area contributed by atoms with E-state index >= 15 is 0 Å². The van der Waals surface area contributed by atoms with Crippen molar-refractivity contribution < 1.29 is 14.4 Å². The maximum absolute atomic E-state index is 13.0. The van der Waals surface area contributed by atoms with E-state index in [-0.39, 0.29) is 11.8 Å². The number of nitrogens with one attached hydrogen (secondary N) is 1. The number of hydrogen-bond donors (Lipinski definition) is 1. The maximum Gasteiger partial charge on any atom is 0.262 e. The van der Waals surface area contributed by atoms with Crippen molar-refractivity contribution >= 4 is 34.2 Å². The van der Waals surface area contributed by atoms with Crippen molar-refractivity contribution in [3.63, 3.8) is 0 Å². The molecule has 0 radical (unpaired) electrons. The van der Waals surface area contributed by atoms with Crippen LogP contribution in [0.25, 0.3) is 0 Å². The summed E-state index contributed by atoms with van der Waals surface area (Å²) >= 11 is 1.49. The average molecular weight is 383 g/mol. The number of fused-ring (bicyclic) bond motifs is 2. The molecule has 140 valence electrons. The zero-order valence-corrected chi connectivity index (χ0v) is 16.1. The highest BCUT2D eigenvalue weighted by molar-refractivity contribution is 7.15. The molecule has 1 aromatic carbocycles. The molecule has 7 heteroatoms. The zero-order valence-electron chi connectivity index (χ0n) is 15.3. The fraction of sp³-hybridized carbons (Fsp3) is 0.400. The van der Waals surface area contributed by atoms with Crippen LogP contribution in [-0.2, 0) is 17.6 Å². The maximum atomic E-state index is 13.0. The van der Waals surface area contributed by atoms with E-state index < -0.39 is 17.9 Å². The van der Waals surface area contributed by atoms with Crippen molar-refractivity contribution in [1.29, 1.82) is 0 Å². The molecule has 1 unspecified atom stereocenters. The molecule has 6 nitrogen and oxygen atoms in total. The lowest BCUT2D eigenvalue weighted by Crippen LogP contribution is -2.50. The van der Waals surface area contributed by atoms with E-state index in [1.807, 2.05) is 13.8 Å². The summed E-state index contributed by atoms with van der Waals surface area (Å²) in [5.41, 5.74) is 1.76. The summed E-state index contributed by atoms with van der Waals surface area (Å²) in [6, 6.07) is 5.81. The summed E-state index contributed by atoms with van der Waals surface area (Å²) in [7, 11) is 0. The summed E-state index contributed by atoms with van der Waals surface area (Å²) < 4.78 is 0. The molecule has 2 aliphatic rings. The molecule has 4 rings (SSSR count). The Balaban J connectivity index is 1.60. The van der Waals surface area contributed by atoms with Crippen LogP contribution in [0.4, 0.5) is 5.13 Å². The summed E-state index contributed by atoms with van der Waals surface area (Å²) in [6.45, 7) is 3.67. The highest BCUT2D eigenvalue weighted by Crippen LogP contribution is 2.31. The number of hydrogen-bond acceptors (Lipinski definition) is 5. The second kappa shape index (κ2) is 6.88. The number of carbonyl (C=O) groups excluding carboxylic acids is 3. The third-order valence-corrected chi connectivity index (χ3v) is 6.15. The van der Waals surface area contributed by atoms with Gasteiger partial charge in [0.05, 0.1) is 16.8 Å². The van der Waals surface area contributed by atoms with Crippen molar-refractivity contribution in [2.24, 2.45) is 5.92 Å². The zero-order chi connectivity index (χ0) is 19.1. The molecule has 0 spiro atoms. The van der Waals surface area contributed by atoms with Crippen LogP contribution in [-0.4, -0.2) is 33.6 Å². The van der Waals surface area contributed by atoms with E-state index in [0.29, 0.717) is 16.3 Å². The Morgan fingerprint density at radius 2 is 1.74 bits per heavy atom. The molecule has 1 aliphatic carbocycles. The lowest BCUT2D eigenvalue weighted by atomic mass is 10.0. The predicted molar refractivity (Wildman–Crippen MR) is 103 cm³/mol. The third-order valence-electron chi connectivity index (χ3n) is 5.08. The van der Waals surface area contributed by atoms with Gasteiger partial charge >= 0.3 is 0 Å². The molecule has 1 N–H and O–H groups in total. The van der Waals surface area contributed by atoms with E-state index in [1.165, 1.54) is 16.2 Å². The summed E-state index contributed by atoms with van der Waals surface area (Å²) in [6.07, 6.45) is 4.20. The van der Waals surface area contributed by atoms with Gasteiger partial charge in [0.25, 0.3) is 11.8 Å². The standard InChI is InChI=1S/C20H21N3O3S/c1-11(2)16(23-18(25)12-7-3-4-8-13(12)19(23)26)17(24)22-20-21-14-9-5-6-10-15(14)27-20/h3-4,7-8,11,16H,5-6,9-10H2,1-2H3,(H,21,22,24). The first-order valence-corrected chi connectivity index (χ1v) is 10.1. The smallest absolute Gasteiger partial charge is 0.262 e.